The Morgan fingerprint density at radius 1 is 1.03 bits per heavy atom. The minimum atomic E-state index is -2.24. The summed E-state index contributed by atoms with van der Waals surface area (Å²) in [5.41, 5.74) is -8.26. The lowest BCUT2D eigenvalue weighted by Crippen LogP contribution is -2.67. The molecule has 11 atom stereocenters. The molecule has 0 radical (unpaired) electrons. The fraction of sp³-hybridized carbons (Fsp3) is 0.850. The molecular weight excluding hydrogens is 400 g/mol. The molecule has 4 saturated heterocycles. The molecule has 10 heteroatoms. The Balaban J connectivity index is 1.72. The molecule has 10 nitrogen and oxygen atoms in total. The minimum absolute atomic E-state index is 0.229. The summed E-state index contributed by atoms with van der Waals surface area (Å²) in [5.74, 6) is -4.32. The molecule has 6 fully saturated rings. The Labute approximate surface area is 171 Å². The van der Waals surface area contributed by atoms with Crippen molar-refractivity contribution < 1.29 is 48.7 Å². The first-order valence-electron chi connectivity index (χ1n) is 10.2. The van der Waals surface area contributed by atoms with Crippen molar-refractivity contribution in [3.05, 3.63) is 0 Å². The number of carbonyl (C=O) groups excluding carboxylic acids is 3. The van der Waals surface area contributed by atoms with Gasteiger partial charge in [-0.1, -0.05) is 20.8 Å². The van der Waals surface area contributed by atoms with Crippen LogP contribution >= 0.6 is 0 Å². The molecule has 3 N–H and O–H groups in total. The molecule has 0 amide bonds. The molecule has 2 spiro atoms. The molecule has 6 rings (SSSR count). The number of hydrogen-bond acceptors (Lipinski definition) is 10. The van der Waals surface area contributed by atoms with Gasteiger partial charge in [0.25, 0.3) is 0 Å². The number of esters is 3. The summed E-state index contributed by atoms with van der Waals surface area (Å²) >= 11 is 0. The van der Waals surface area contributed by atoms with Crippen LogP contribution in [0.2, 0.25) is 0 Å². The van der Waals surface area contributed by atoms with Crippen LogP contribution in [0.15, 0.2) is 0 Å². The quantitative estimate of drug-likeness (QED) is 0.314. The number of fused-ring (bicyclic) bond motifs is 1. The van der Waals surface area contributed by atoms with Crippen molar-refractivity contribution in [1.82, 2.24) is 0 Å². The Hall–Kier alpha value is -1.75. The highest BCUT2D eigenvalue weighted by molar-refractivity contribution is 5.94. The van der Waals surface area contributed by atoms with Crippen LogP contribution < -0.4 is 0 Å². The lowest BCUT2D eigenvalue weighted by atomic mass is 9.51. The molecule has 0 bridgehead atoms. The van der Waals surface area contributed by atoms with Crippen LogP contribution in [0, 0.1) is 28.1 Å². The third kappa shape index (κ3) is 1.33. The van der Waals surface area contributed by atoms with E-state index in [1.165, 1.54) is 6.92 Å². The monoisotopic (exact) mass is 424 g/mol. The SMILES string of the molecule is C[C@@H]1C(=O)O[C@H]2[C@H](O)[C@@]34[C@H]5C[C@@H](C(C)(C)C)[C@@]36[C@@H](OC(=O)[C@@H]6O)O[C@@]4(C(=O)O5)[C@@]12O. The standard InChI is InChI=1S/C20H24O10/c1-6-12(23)28-11-9(21)18-8-5-7(16(2,3)4)17(18)10(22)13(24)29-15(17)30-20(18,14(25)27-8)19(6,11)26/h6-11,15,21-22,26H,5H2,1-4H3/t6-,7+,8-,9+,10+,11+,15+,17-,18+,19-,20-/m1/s1. The summed E-state index contributed by atoms with van der Waals surface area (Å²) in [6.07, 6.45) is -6.91. The molecule has 0 aromatic heterocycles. The number of hydrogen-bond donors (Lipinski definition) is 3. The Morgan fingerprint density at radius 2 is 1.70 bits per heavy atom. The summed E-state index contributed by atoms with van der Waals surface area (Å²) in [6.45, 7) is 7.14. The number of aliphatic hydroxyl groups is 3. The van der Waals surface area contributed by atoms with Gasteiger partial charge in [0, 0.05) is 0 Å². The van der Waals surface area contributed by atoms with Gasteiger partial charge >= 0.3 is 17.9 Å². The molecule has 0 aromatic rings. The van der Waals surface area contributed by atoms with E-state index in [2.05, 4.69) is 0 Å². The summed E-state index contributed by atoms with van der Waals surface area (Å²) in [6, 6.07) is 0. The topological polar surface area (TPSA) is 149 Å². The molecule has 30 heavy (non-hydrogen) atoms. The fourth-order valence-electron chi connectivity index (χ4n) is 8.12. The molecule has 0 unspecified atom stereocenters. The molecule has 6 aliphatic rings. The van der Waals surface area contributed by atoms with E-state index in [0.717, 1.165) is 0 Å². The van der Waals surface area contributed by atoms with E-state index < -0.39 is 87.9 Å². The first-order valence-corrected chi connectivity index (χ1v) is 10.2. The highest BCUT2D eigenvalue weighted by Gasteiger charge is 3.03. The van der Waals surface area contributed by atoms with Gasteiger partial charge in [-0.2, -0.15) is 0 Å². The van der Waals surface area contributed by atoms with Gasteiger partial charge < -0.3 is 34.3 Å². The number of rotatable bonds is 0. The zero-order valence-corrected chi connectivity index (χ0v) is 16.9. The van der Waals surface area contributed by atoms with Crippen LogP contribution in [-0.2, 0) is 33.3 Å². The van der Waals surface area contributed by atoms with Crippen LogP contribution in [0.5, 0.6) is 0 Å². The molecule has 4 heterocycles. The van der Waals surface area contributed by atoms with Crippen molar-refractivity contribution in [1.29, 1.82) is 0 Å². The van der Waals surface area contributed by atoms with E-state index in [1.54, 1.807) is 0 Å². The molecule has 2 aliphatic carbocycles. The largest absolute Gasteiger partial charge is 0.459 e. The third-order valence-corrected chi connectivity index (χ3v) is 9.00. The third-order valence-electron chi connectivity index (χ3n) is 9.00. The molecular formula is C20H24O10. The Morgan fingerprint density at radius 3 is 2.33 bits per heavy atom. The van der Waals surface area contributed by atoms with Crippen LogP contribution in [0.25, 0.3) is 0 Å². The summed E-state index contributed by atoms with van der Waals surface area (Å²) < 4.78 is 22.5. The summed E-state index contributed by atoms with van der Waals surface area (Å²) in [5, 5.41) is 34.7. The zero-order chi connectivity index (χ0) is 21.8. The average molecular weight is 424 g/mol. The van der Waals surface area contributed by atoms with Gasteiger partial charge in [0.15, 0.2) is 17.8 Å². The molecule has 2 saturated carbocycles. The van der Waals surface area contributed by atoms with E-state index in [-0.39, 0.29) is 6.42 Å². The van der Waals surface area contributed by atoms with Crippen molar-refractivity contribution in [2.24, 2.45) is 28.1 Å². The van der Waals surface area contributed by atoms with E-state index in [9.17, 15) is 29.7 Å². The average Bonchev–Trinajstić information content (AvgIpc) is 3.35. The normalized spacial score (nSPS) is 60.1. The van der Waals surface area contributed by atoms with Crippen LogP contribution in [-0.4, -0.2) is 75.1 Å². The first kappa shape index (κ1) is 19.0. The molecule has 164 valence electrons. The smallest absolute Gasteiger partial charge is 0.343 e. The van der Waals surface area contributed by atoms with E-state index >= 15 is 0 Å². The lowest BCUT2D eigenvalue weighted by Gasteiger charge is -2.47. The Bertz CT molecular complexity index is 925. The van der Waals surface area contributed by atoms with Gasteiger partial charge in [-0.3, -0.25) is 4.79 Å². The number of ether oxygens (including phenoxy) is 4. The maximum atomic E-state index is 13.4. The van der Waals surface area contributed by atoms with E-state index in [0.29, 0.717) is 0 Å². The van der Waals surface area contributed by atoms with Gasteiger partial charge in [0.2, 0.25) is 11.9 Å². The van der Waals surface area contributed by atoms with Crippen molar-refractivity contribution in [3.63, 3.8) is 0 Å². The van der Waals surface area contributed by atoms with Gasteiger partial charge in [-0.15, -0.1) is 0 Å². The first-order chi connectivity index (χ1) is 13.8. The van der Waals surface area contributed by atoms with Gasteiger partial charge in [0.1, 0.15) is 12.2 Å². The van der Waals surface area contributed by atoms with Crippen molar-refractivity contribution in [2.45, 2.75) is 76.0 Å². The maximum Gasteiger partial charge on any atom is 0.343 e. The number of carbonyl (C=O) groups is 3. The second-order valence-electron chi connectivity index (χ2n) is 10.7. The predicted octanol–water partition coefficient (Wildman–Crippen LogP) is -1.37. The minimum Gasteiger partial charge on any atom is -0.459 e. The van der Waals surface area contributed by atoms with Crippen LogP contribution in [0.3, 0.4) is 0 Å². The zero-order valence-electron chi connectivity index (χ0n) is 16.9. The van der Waals surface area contributed by atoms with Gasteiger partial charge in [-0.05, 0) is 24.7 Å². The Kier molecular flexibility index (Phi) is 2.97. The van der Waals surface area contributed by atoms with Crippen molar-refractivity contribution in [2.75, 3.05) is 0 Å². The maximum absolute atomic E-state index is 13.4. The molecule has 4 aliphatic heterocycles. The van der Waals surface area contributed by atoms with Crippen molar-refractivity contribution in [3.8, 4) is 0 Å². The highest BCUT2D eigenvalue weighted by Crippen LogP contribution is 2.84. The summed E-state index contributed by atoms with van der Waals surface area (Å²) in [4.78, 5) is 38.2. The predicted molar refractivity (Wildman–Crippen MR) is 92.0 cm³/mol. The van der Waals surface area contributed by atoms with Crippen molar-refractivity contribution >= 4 is 17.9 Å². The second-order valence-corrected chi connectivity index (χ2v) is 10.7. The van der Waals surface area contributed by atoms with Crippen LogP contribution in [0.4, 0.5) is 0 Å². The van der Waals surface area contributed by atoms with Crippen LogP contribution in [0.1, 0.15) is 34.1 Å². The van der Waals surface area contributed by atoms with Gasteiger partial charge in [-0.25, -0.2) is 9.59 Å². The lowest BCUT2D eigenvalue weighted by molar-refractivity contribution is -0.239. The number of aliphatic hydroxyl groups excluding tert-OH is 2. The second kappa shape index (κ2) is 4.69. The van der Waals surface area contributed by atoms with E-state index in [1.807, 2.05) is 20.8 Å². The summed E-state index contributed by atoms with van der Waals surface area (Å²) in [7, 11) is 0. The highest BCUT2D eigenvalue weighted by atomic mass is 16.8. The van der Waals surface area contributed by atoms with E-state index in [4.69, 9.17) is 18.9 Å². The fourth-order valence-corrected chi connectivity index (χ4v) is 8.12. The van der Waals surface area contributed by atoms with Gasteiger partial charge in [0.05, 0.1) is 16.7 Å². The molecule has 0 aromatic carbocycles.